The number of pyridine rings is 1. The zero-order valence-electron chi connectivity index (χ0n) is 11.5. The van der Waals surface area contributed by atoms with Gasteiger partial charge in [-0.15, -0.1) is 0 Å². The van der Waals surface area contributed by atoms with Crippen molar-refractivity contribution in [3.8, 4) is 5.88 Å². The van der Waals surface area contributed by atoms with Gasteiger partial charge in [0.25, 0.3) is 0 Å². The lowest BCUT2D eigenvalue weighted by molar-refractivity contribution is -0.142. The van der Waals surface area contributed by atoms with Gasteiger partial charge in [-0.2, -0.15) is 0 Å². The molecule has 0 aliphatic carbocycles. The number of rotatable bonds is 5. The van der Waals surface area contributed by atoms with Gasteiger partial charge in [0.05, 0.1) is 37.7 Å². The van der Waals surface area contributed by atoms with Crippen LogP contribution in [0.5, 0.6) is 5.88 Å². The molecule has 114 valence electrons. The van der Waals surface area contributed by atoms with Crippen LogP contribution in [0.2, 0.25) is 0 Å². The van der Waals surface area contributed by atoms with Crippen molar-refractivity contribution in [1.29, 1.82) is 0 Å². The second-order valence-electron chi connectivity index (χ2n) is 4.51. The molecule has 0 aromatic carbocycles. The average Bonchev–Trinajstić information content (AvgIpc) is 2.89. The summed E-state index contributed by atoms with van der Waals surface area (Å²) in [4.78, 5) is 26.8. The Bertz CT molecular complexity index is 505. The van der Waals surface area contributed by atoms with Gasteiger partial charge >= 0.3 is 12.0 Å². The summed E-state index contributed by atoms with van der Waals surface area (Å²) in [7, 11) is 0. The fourth-order valence-corrected chi connectivity index (χ4v) is 1.96. The van der Waals surface area contributed by atoms with Crippen LogP contribution in [-0.2, 0) is 9.53 Å². The molecule has 2 atom stereocenters. The number of aliphatic carboxylic acids is 1. The standard InChI is InChI=1S/C13H17N3O5/c1-2-21-11-4-3-8(5-14-11)15-13(19)16-10-7-20-6-9(10)12(17)18/h3-5,9-10H,2,6-7H2,1H3,(H,17,18)(H2,15,16,19). The molecule has 1 aliphatic rings. The minimum atomic E-state index is -0.986. The molecule has 0 bridgehead atoms. The maximum absolute atomic E-state index is 11.8. The number of carbonyl (C=O) groups excluding carboxylic acids is 1. The third-order valence-corrected chi connectivity index (χ3v) is 3.00. The number of carboxylic acids is 1. The molecule has 2 heterocycles. The van der Waals surface area contributed by atoms with E-state index in [1.807, 2.05) is 6.92 Å². The summed E-state index contributed by atoms with van der Waals surface area (Å²) in [6.07, 6.45) is 1.46. The zero-order valence-corrected chi connectivity index (χ0v) is 11.5. The first-order valence-electron chi connectivity index (χ1n) is 6.57. The summed E-state index contributed by atoms with van der Waals surface area (Å²) in [6, 6.07) is 2.25. The van der Waals surface area contributed by atoms with Gasteiger partial charge in [-0.1, -0.05) is 0 Å². The van der Waals surface area contributed by atoms with E-state index in [1.165, 1.54) is 6.20 Å². The third-order valence-electron chi connectivity index (χ3n) is 3.00. The predicted octanol–water partition coefficient (Wildman–Crippen LogP) is 0.701. The quantitative estimate of drug-likeness (QED) is 0.737. The molecule has 0 saturated carbocycles. The molecule has 1 aromatic rings. The summed E-state index contributed by atoms with van der Waals surface area (Å²) in [5.41, 5.74) is 0.488. The lowest BCUT2D eigenvalue weighted by Gasteiger charge is -2.16. The van der Waals surface area contributed by atoms with Gasteiger partial charge in [-0.3, -0.25) is 4.79 Å². The summed E-state index contributed by atoms with van der Waals surface area (Å²) < 4.78 is 10.3. The van der Waals surface area contributed by atoms with Crippen LogP contribution in [0.15, 0.2) is 18.3 Å². The Balaban J connectivity index is 1.88. The number of urea groups is 1. The van der Waals surface area contributed by atoms with Gasteiger partial charge in [0.1, 0.15) is 5.92 Å². The van der Waals surface area contributed by atoms with Crippen molar-refractivity contribution in [3.05, 3.63) is 18.3 Å². The Labute approximate surface area is 121 Å². The number of nitrogens with one attached hydrogen (secondary N) is 2. The van der Waals surface area contributed by atoms with Crippen molar-refractivity contribution in [1.82, 2.24) is 10.3 Å². The van der Waals surface area contributed by atoms with Crippen LogP contribution in [-0.4, -0.2) is 48.0 Å². The molecule has 1 aromatic heterocycles. The average molecular weight is 295 g/mol. The molecule has 0 radical (unpaired) electrons. The summed E-state index contributed by atoms with van der Waals surface area (Å²) in [5, 5.41) is 14.2. The SMILES string of the molecule is CCOc1ccc(NC(=O)NC2COCC2C(=O)O)cn1. The number of carbonyl (C=O) groups is 2. The van der Waals surface area contributed by atoms with E-state index in [9.17, 15) is 9.59 Å². The smallest absolute Gasteiger partial charge is 0.319 e. The van der Waals surface area contributed by atoms with Gasteiger partial charge in [0, 0.05) is 6.07 Å². The third kappa shape index (κ3) is 4.06. The highest BCUT2D eigenvalue weighted by Crippen LogP contribution is 2.15. The topological polar surface area (TPSA) is 110 Å². The highest BCUT2D eigenvalue weighted by molar-refractivity contribution is 5.89. The molecule has 21 heavy (non-hydrogen) atoms. The van der Waals surface area contributed by atoms with Crippen molar-refractivity contribution < 1.29 is 24.2 Å². The molecule has 0 spiro atoms. The number of anilines is 1. The number of carboxylic acid groups (broad SMARTS) is 1. The minimum Gasteiger partial charge on any atom is -0.481 e. The molecule has 1 aliphatic heterocycles. The molecule has 2 amide bonds. The Hall–Kier alpha value is -2.35. The lowest BCUT2D eigenvalue weighted by atomic mass is 10.0. The van der Waals surface area contributed by atoms with Crippen LogP contribution in [0, 0.1) is 5.92 Å². The minimum absolute atomic E-state index is 0.102. The molecule has 1 saturated heterocycles. The van der Waals surface area contributed by atoms with Crippen molar-refractivity contribution in [2.24, 2.45) is 5.92 Å². The van der Waals surface area contributed by atoms with E-state index in [0.717, 1.165) is 0 Å². The van der Waals surface area contributed by atoms with Crippen LogP contribution in [0.3, 0.4) is 0 Å². The Morgan fingerprint density at radius 1 is 1.48 bits per heavy atom. The van der Waals surface area contributed by atoms with Crippen LogP contribution in [0.25, 0.3) is 0 Å². The Kier molecular flexibility index (Phi) is 4.94. The molecule has 1 fully saturated rings. The van der Waals surface area contributed by atoms with E-state index in [-0.39, 0.29) is 13.2 Å². The molecule has 8 heteroatoms. The van der Waals surface area contributed by atoms with Crippen molar-refractivity contribution in [3.63, 3.8) is 0 Å². The number of aromatic nitrogens is 1. The number of amides is 2. The first kappa shape index (κ1) is 15.0. The fraction of sp³-hybridized carbons (Fsp3) is 0.462. The first-order valence-corrected chi connectivity index (χ1v) is 6.57. The molecule has 2 rings (SSSR count). The highest BCUT2D eigenvalue weighted by Gasteiger charge is 2.35. The number of hydrogen-bond acceptors (Lipinski definition) is 5. The summed E-state index contributed by atoms with van der Waals surface area (Å²) in [6.45, 7) is 2.65. The second kappa shape index (κ2) is 6.89. The number of ether oxygens (including phenoxy) is 2. The maximum Gasteiger partial charge on any atom is 0.319 e. The number of hydrogen-bond donors (Lipinski definition) is 3. The van der Waals surface area contributed by atoms with Crippen LogP contribution in [0.4, 0.5) is 10.5 Å². The maximum atomic E-state index is 11.8. The van der Waals surface area contributed by atoms with Crippen molar-refractivity contribution in [2.75, 3.05) is 25.1 Å². The van der Waals surface area contributed by atoms with Crippen LogP contribution < -0.4 is 15.4 Å². The fourth-order valence-electron chi connectivity index (χ4n) is 1.96. The molecule has 2 unspecified atom stereocenters. The molecular weight excluding hydrogens is 278 g/mol. The predicted molar refractivity (Wildman–Crippen MR) is 73.3 cm³/mol. The van der Waals surface area contributed by atoms with Crippen LogP contribution in [0.1, 0.15) is 6.92 Å². The Morgan fingerprint density at radius 3 is 2.90 bits per heavy atom. The first-order chi connectivity index (χ1) is 10.1. The van der Waals surface area contributed by atoms with E-state index in [1.54, 1.807) is 12.1 Å². The molecular formula is C13H17N3O5. The van der Waals surface area contributed by atoms with E-state index in [2.05, 4.69) is 15.6 Å². The summed E-state index contributed by atoms with van der Waals surface area (Å²) in [5.74, 6) is -1.24. The van der Waals surface area contributed by atoms with E-state index in [0.29, 0.717) is 18.2 Å². The van der Waals surface area contributed by atoms with E-state index >= 15 is 0 Å². The molecule has 8 nitrogen and oxygen atoms in total. The van der Waals surface area contributed by atoms with Crippen molar-refractivity contribution >= 4 is 17.7 Å². The van der Waals surface area contributed by atoms with Gasteiger partial charge < -0.3 is 25.2 Å². The van der Waals surface area contributed by atoms with Crippen molar-refractivity contribution in [2.45, 2.75) is 13.0 Å². The van der Waals surface area contributed by atoms with Gasteiger partial charge in [-0.25, -0.2) is 9.78 Å². The summed E-state index contributed by atoms with van der Waals surface area (Å²) >= 11 is 0. The monoisotopic (exact) mass is 295 g/mol. The normalized spacial score (nSPS) is 20.8. The zero-order chi connectivity index (χ0) is 15.2. The van der Waals surface area contributed by atoms with E-state index < -0.39 is 24.0 Å². The largest absolute Gasteiger partial charge is 0.481 e. The van der Waals surface area contributed by atoms with Gasteiger partial charge in [0.15, 0.2) is 0 Å². The van der Waals surface area contributed by atoms with Crippen LogP contribution >= 0.6 is 0 Å². The molecule has 3 N–H and O–H groups in total. The van der Waals surface area contributed by atoms with E-state index in [4.69, 9.17) is 14.6 Å². The lowest BCUT2D eigenvalue weighted by Crippen LogP contribution is -2.44. The van der Waals surface area contributed by atoms with Gasteiger partial charge in [0.2, 0.25) is 5.88 Å². The number of nitrogens with zero attached hydrogens (tertiary/aromatic N) is 1. The highest BCUT2D eigenvalue weighted by atomic mass is 16.5. The van der Waals surface area contributed by atoms with Gasteiger partial charge in [-0.05, 0) is 13.0 Å². The second-order valence-corrected chi connectivity index (χ2v) is 4.51. The Morgan fingerprint density at radius 2 is 2.29 bits per heavy atom.